The Morgan fingerprint density at radius 2 is 2.15 bits per heavy atom. The molecular formula is C11H23NO. The van der Waals surface area contributed by atoms with Crippen LogP contribution in [0.3, 0.4) is 0 Å². The molecule has 0 heterocycles. The highest BCUT2D eigenvalue weighted by Crippen LogP contribution is 2.32. The van der Waals surface area contributed by atoms with Gasteiger partial charge in [0.15, 0.2) is 0 Å². The van der Waals surface area contributed by atoms with Crippen LogP contribution in [0.15, 0.2) is 0 Å². The topological polar surface area (TPSA) is 21.3 Å². The summed E-state index contributed by atoms with van der Waals surface area (Å²) in [7, 11) is 0. The van der Waals surface area contributed by atoms with E-state index in [0.717, 1.165) is 31.7 Å². The SMILES string of the molecule is CCCCOCCNC1CC1CC. The number of unbranched alkanes of at least 4 members (excludes halogenated alkanes) is 1. The number of nitrogens with one attached hydrogen (secondary N) is 1. The van der Waals surface area contributed by atoms with Gasteiger partial charge in [0, 0.05) is 19.2 Å². The summed E-state index contributed by atoms with van der Waals surface area (Å²) in [4.78, 5) is 0. The van der Waals surface area contributed by atoms with Crippen LogP contribution in [-0.2, 0) is 4.74 Å². The van der Waals surface area contributed by atoms with Gasteiger partial charge in [-0.1, -0.05) is 26.7 Å². The van der Waals surface area contributed by atoms with Gasteiger partial charge in [-0.05, 0) is 18.8 Å². The first-order valence-electron chi connectivity index (χ1n) is 5.69. The molecule has 2 atom stereocenters. The first-order valence-corrected chi connectivity index (χ1v) is 5.69. The van der Waals surface area contributed by atoms with Gasteiger partial charge in [0.1, 0.15) is 0 Å². The number of hydrogen-bond donors (Lipinski definition) is 1. The summed E-state index contributed by atoms with van der Waals surface area (Å²) in [6, 6.07) is 0.805. The molecule has 1 aliphatic rings. The Morgan fingerprint density at radius 1 is 1.31 bits per heavy atom. The Kier molecular flexibility index (Phi) is 5.40. The van der Waals surface area contributed by atoms with Gasteiger partial charge in [-0.2, -0.15) is 0 Å². The zero-order valence-electron chi connectivity index (χ0n) is 9.01. The molecule has 0 aromatic carbocycles. The lowest BCUT2D eigenvalue weighted by Gasteiger charge is -2.04. The van der Waals surface area contributed by atoms with E-state index in [2.05, 4.69) is 19.2 Å². The first-order chi connectivity index (χ1) is 6.38. The zero-order valence-corrected chi connectivity index (χ0v) is 9.01. The van der Waals surface area contributed by atoms with Crippen LogP contribution in [0, 0.1) is 5.92 Å². The van der Waals surface area contributed by atoms with Gasteiger partial charge in [-0.3, -0.25) is 0 Å². The molecule has 78 valence electrons. The van der Waals surface area contributed by atoms with Crippen molar-refractivity contribution in [2.75, 3.05) is 19.8 Å². The summed E-state index contributed by atoms with van der Waals surface area (Å²) in [5.41, 5.74) is 0. The second-order valence-electron chi connectivity index (χ2n) is 3.93. The van der Waals surface area contributed by atoms with Crippen LogP contribution in [0.5, 0.6) is 0 Å². The highest BCUT2D eigenvalue weighted by Gasteiger charge is 2.34. The Hall–Kier alpha value is -0.0800. The van der Waals surface area contributed by atoms with Crippen molar-refractivity contribution in [1.29, 1.82) is 0 Å². The Bertz CT molecular complexity index is 127. The molecule has 0 spiro atoms. The maximum absolute atomic E-state index is 5.46. The highest BCUT2D eigenvalue weighted by atomic mass is 16.5. The van der Waals surface area contributed by atoms with E-state index in [0.29, 0.717) is 0 Å². The van der Waals surface area contributed by atoms with Gasteiger partial charge >= 0.3 is 0 Å². The van der Waals surface area contributed by atoms with Crippen molar-refractivity contribution in [3.8, 4) is 0 Å². The molecule has 1 rings (SSSR count). The maximum atomic E-state index is 5.46. The Balaban J connectivity index is 1.75. The fourth-order valence-electron chi connectivity index (χ4n) is 1.61. The highest BCUT2D eigenvalue weighted by molar-refractivity contribution is 4.91. The summed E-state index contributed by atoms with van der Waals surface area (Å²) in [5.74, 6) is 0.954. The predicted molar refractivity (Wildman–Crippen MR) is 55.9 cm³/mol. The van der Waals surface area contributed by atoms with E-state index in [1.165, 1.54) is 25.7 Å². The van der Waals surface area contributed by atoms with Crippen molar-refractivity contribution in [2.24, 2.45) is 5.92 Å². The van der Waals surface area contributed by atoms with Gasteiger partial charge in [-0.25, -0.2) is 0 Å². The number of rotatable bonds is 8. The van der Waals surface area contributed by atoms with Gasteiger partial charge in [-0.15, -0.1) is 0 Å². The lowest BCUT2D eigenvalue weighted by Crippen LogP contribution is -2.23. The third-order valence-electron chi connectivity index (χ3n) is 2.74. The monoisotopic (exact) mass is 185 g/mol. The first kappa shape index (κ1) is 11.0. The molecule has 1 fully saturated rings. The molecule has 0 aliphatic heterocycles. The standard InChI is InChI=1S/C11H23NO/c1-3-5-7-13-8-6-12-11-9-10(11)4-2/h10-12H,3-9H2,1-2H3. The molecule has 2 nitrogen and oxygen atoms in total. The molecule has 2 unspecified atom stereocenters. The van der Waals surface area contributed by atoms with E-state index in [1.807, 2.05) is 0 Å². The third-order valence-corrected chi connectivity index (χ3v) is 2.74. The van der Waals surface area contributed by atoms with Crippen molar-refractivity contribution < 1.29 is 4.74 Å². The molecule has 1 N–H and O–H groups in total. The van der Waals surface area contributed by atoms with Crippen LogP contribution in [-0.4, -0.2) is 25.8 Å². The van der Waals surface area contributed by atoms with Crippen LogP contribution in [0.4, 0.5) is 0 Å². The zero-order chi connectivity index (χ0) is 9.52. The molecule has 0 radical (unpaired) electrons. The second kappa shape index (κ2) is 6.39. The normalized spacial score (nSPS) is 26.3. The molecule has 13 heavy (non-hydrogen) atoms. The summed E-state index contributed by atoms with van der Waals surface area (Å²) in [6.45, 7) is 7.31. The molecule has 0 amide bonds. The van der Waals surface area contributed by atoms with Crippen LogP contribution in [0.25, 0.3) is 0 Å². The second-order valence-corrected chi connectivity index (χ2v) is 3.93. The summed E-state index contributed by atoms with van der Waals surface area (Å²) in [6.07, 6.45) is 5.13. The van der Waals surface area contributed by atoms with E-state index < -0.39 is 0 Å². The summed E-state index contributed by atoms with van der Waals surface area (Å²) < 4.78 is 5.46. The van der Waals surface area contributed by atoms with Crippen molar-refractivity contribution in [3.05, 3.63) is 0 Å². The third kappa shape index (κ3) is 4.63. The smallest absolute Gasteiger partial charge is 0.0591 e. The molecule has 2 heteroatoms. The molecule has 0 saturated heterocycles. The average molecular weight is 185 g/mol. The molecule has 1 saturated carbocycles. The number of ether oxygens (including phenoxy) is 1. The van der Waals surface area contributed by atoms with Gasteiger partial charge < -0.3 is 10.1 Å². The minimum atomic E-state index is 0.805. The fraction of sp³-hybridized carbons (Fsp3) is 1.00. The van der Waals surface area contributed by atoms with Crippen LogP contribution < -0.4 is 5.32 Å². The van der Waals surface area contributed by atoms with E-state index in [1.54, 1.807) is 0 Å². The van der Waals surface area contributed by atoms with Gasteiger partial charge in [0.05, 0.1) is 6.61 Å². The van der Waals surface area contributed by atoms with Crippen molar-refractivity contribution in [2.45, 2.75) is 45.6 Å². The van der Waals surface area contributed by atoms with Crippen LogP contribution in [0.2, 0.25) is 0 Å². The lowest BCUT2D eigenvalue weighted by atomic mass is 10.3. The maximum Gasteiger partial charge on any atom is 0.0591 e. The number of hydrogen-bond acceptors (Lipinski definition) is 2. The minimum Gasteiger partial charge on any atom is -0.380 e. The predicted octanol–water partition coefficient (Wildman–Crippen LogP) is 2.19. The van der Waals surface area contributed by atoms with E-state index in [9.17, 15) is 0 Å². The molecule has 0 aromatic rings. The molecule has 0 bridgehead atoms. The minimum absolute atomic E-state index is 0.805. The Morgan fingerprint density at radius 3 is 2.77 bits per heavy atom. The van der Waals surface area contributed by atoms with Crippen LogP contribution >= 0.6 is 0 Å². The van der Waals surface area contributed by atoms with Crippen molar-refractivity contribution in [3.63, 3.8) is 0 Å². The van der Waals surface area contributed by atoms with E-state index in [-0.39, 0.29) is 0 Å². The molecule has 0 aromatic heterocycles. The lowest BCUT2D eigenvalue weighted by molar-refractivity contribution is 0.132. The van der Waals surface area contributed by atoms with E-state index >= 15 is 0 Å². The molecular weight excluding hydrogens is 162 g/mol. The fourth-order valence-corrected chi connectivity index (χ4v) is 1.61. The van der Waals surface area contributed by atoms with Gasteiger partial charge in [0.2, 0.25) is 0 Å². The van der Waals surface area contributed by atoms with Gasteiger partial charge in [0.25, 0.3) is 0 Å². The van der Waals surface area contributed by atoms with Crippen molar-refractivity contribution in [1.82, 2.24) is 5.32 Å². The Labute approximate surface area is 82.0 Å². The largest absolute Gasteiger partial charge is 0.380 e. The quantitative estimate of drug-likeness (QED) is 0.585. The van der Waals surface area contributed by atoms with Crippen molar-refractivity contribution >= 4 is 0 Å². The summed E-state index contributed by atoms with van der Waals surface area (Å²) in [5, 5.41) is 3.51. The van der Waals surface area contributed by atoms with Crippen LogP contribution in [0.1, 0.15) is 39.5 Å². The summed E-state index contributed by atoms with van der Waals surface area (Å²) >= 11 is 0. The molecule has 1 aliphatic carbocycles. The average Bonchev–Trinajstić information content (AvgIpc) is 2.90. The van der Waals surface area contributed by atoms with E-state index in [4.69, 9.17) is 4.74 Å².